The van der Waals surface area contributed by atoms with E-state index in [1.165, 1.54) is 22.5 Å². The van der Waals surface area contributed by atoms with Crippen LogP contribution in [0.15, 0.2) is 48.5 Å². The minimum absolute atomic E-state index is 0.200. The number of benzene rings is 2. The molecule has 1 unspecified atom stereocenters. The van der Waals surface area contributed by atoms with Gasteiger partial charge in [0.1, 0.15) is 5.82 Å². The molecule has 4 nitrogen and oxygen atoms in total. The Hall–Kier alpha value is -2.17. The number of nitrogens with zero attached hydrogens (tertiary/aromatic N) is 3. The maximum atomic E-state index is 5.88. The molecule has 4 rings (SSSR count). The highest BCUT2D eigenvalue weighted by Crippen LogP contribution is 2.34. The number of imidazole rings is 1. The number of rotatable bonds is 7. The summed E-state index contributed by atoms with van der Waals surface area (Å²) < 4.78 is 8.29. The highest BCUT2D eigenvalue weighted by atomic mass is 16.5. The van der Waals surface area contributed by atoms with Gasteiger partial charge in [0, 0.05) is 18.5 Å². The van der Waals surface area contributed by atoms with E-state index in [-0.39, 0.29) is 11.5 Å². The quantitative estimate of drug-likeness (QED) is 0.404. The van der Waals surface area contributed by atoms with Crippen molar-refractivity contribution < 1.29 is 4.74 Å². The fraction of sp³-hybridized carbons (Fsp3) is 0.552. The highest BCUT2D eigenvalue weighted by Gasteiger charge is 2.28. The molecule has 1 fully saturated rings. The summed E-state index contributed by atoms with van der Waals surface area (Å²) in [7, 11) is 0. The zero-order chi connectivity index (χ0) is 23.6. The molecule has 1 aromatic heterocycles. The summed E-state index contributed by atoms with van der Waals surface area (Å²) in [6.07, 6.45) is 2.56. The van der Waals surface area contributed by atoms with Gasteiger partial charge in [-0.15, -0.1) is 0 Å². The van der Waals surface area contributed by atoms with E-state index in [0.717, 1.165) is 44.6 Å². The highest BCUT2D eigenvalue weighted by molar-refractivity contribution is 5.76. The Morgan fingerprint density at radius 3 is 2.27 bits per heavy atom. The average Bonchev–Trinajstić information content (AvgIpc) is 3.17. The van der Waals surface area contributed by atoms with Crippen molar-refractivity contribution in [3.8, 4) is 0 Å². The first-order chi connectivity index (χ1) is 15.7. The van der Waals surface area contributed by atoms with E-state index in [4.69, 9.17) is 9.72 Å². The standard InChI is InChI=1S/C29H41N3O/c1-21(2)33-20-19-32-27-10-8-7-9-26(27)30-28(32)24-15-17-31(18-16-24)22(3)23-11-13-25(14-12-23)29(4,5)6/h7-14,21-22,24H,15-20H2,1-6H3. The number of likely N-dealkylation sites (tertiary alicyclic amines) is 1. The Balaban J connectivity index is 1.45. The number of para-hydroxylation sites is 2. The molecule has 2 heterocycles. The molecule has 1 saturated heterocycles. The van der Waals surface area contributed by atoms with Gasteiger partial charge in [0.25, 0.3) is 0 Å². The van der Waals surface area contributed by atoms with Crippen LogP contribution in [0.5, 0.6) is 0 Å². The van der Waals surface area contributed by atoms with Crippen molar-refractivity contribution in [3.05, 3.63) is 65.5 Å². The van der Waals surface area contributed by atoms with Crippen molar-refractivity contribution in [2.24, 2.45) is 0 Å². The number of fused-ring (bicyclic) bond motifs is 1. The molecule has 2 aromatic carbocycles. The molecule has 1 aliphatic heterocycles. The maximum Gasteiger partial charge on any atom is 0.113 e. The van der Waals surface area contributed by atoms with Crippen molar-refractivity contribution in [2.75, 3.05) is 19.7 Å². The van der Waals surface area contributed by atoms with Crippen LogP contribution in [0.3, 0.4) is 0 Å². The van der Waals surface area contributed by atoms with Crippen LogP contribution in [0.4, 0.5) is 0 Å². The Morgan fingerprint density at radius 1 is 0.970 bits per heavy atom. The van der Waals surface area contributed by atoms with Crippen LogP contribution < -0.4 is 0 Å². The van der Waals surface area contributed by atoms with E-state index in [9.17, 15) is 0 Å². The van der Waals surface area contributed by atoms with E-state index in [1.54, 1.807) is 0 Å². The molecule has 33 heavy (non-hydrogen) atoms. The Bertz CT molecular complexity index is 1040. The minimum atomic E-state index is 0.200. The molecular formula is C29H41N3O. The van der Waals surface area contributed by atoms with Crippen LogP contribution in [0, 0.1) is 0 Å². The van der Waals surface area contributed by atoms with Crippen molar-refractivity contribution in [2.45, 2.75) is 84.4 Å². The van der Waals surface area contributed by atoms with Crippen LogP contribution in [0.2, 0.25) is 0 Å². The molecule has 4 heteroatoms. The van der Waals surface area contributed by atoms with Crippen molar-refractivity contribution in [3.63, 3.8) is 0 Å². The van der Waals surface area contributed by atoms with Gasteiger partial charge in [-0.2, -0.15) is 0 Å². The third-order valence-corrected chi connectivity index (χ3v) is 7.15. The molecule has 178 valence electrons. The number of hydrogen-bond acceptors (Lipinski definition) is 3. The first-order valence-corrected chi connectivity index (χ1v) is 12.7. The van der Waals surface area contributed by atoms with Gasteiger partial charge in [-0.25, -0.2) is 4.98 Å². The molecule has 0 bridgehead atoms. The average molecular weight is 448 g/mol. The molecule has 1 aliphatic rings. The fourth-order valence-electron chi connectivity index (χ4n) is 5.04. The van der Waals surface area contributed by atoms with E-state index >= 15 is 0 Å². The minimum Gasteiger partial charge on any atom is -0.377 e. The predicted molar refractivity (Wildman–Crippen MR) is 138 cm³/mol. The lowest BCUT2D eigenvalue weighted by Gasteiger charge is -2.36. The van der Waals surface area contributed by atoms with E-state index < -0.39 is 0 Å². The molecule has 0 aliphatic carbocycles. The lowest BCUT2D eigenvalue weighted by atomic mass is 9.86. The fourth-order valence-corrected chi connectivity index (χ4v) is 5.04. The van der Waals surface area contributed by atoms with Gasteiger partial charge in [0.05, 0.1) is 23.7 Å². The Kier molecular flexibility index (Phi) is 7.25. The maximum absolute atomic E-state index is 5.88. The summed E-state index contributed by atoms with van der Waals surface area (Å²) in [5.74, 6) is 1.74. The topological polar surface area (TPSA) is 30.3 Å². The molecule has 1 atom stereocenters. The van der Waals surface area contributed by atoms with Gasteiger partial charge in [0.2, 0.25) is 0 Å². The zero-order valence-corrected chi connectivity index (χ0v) is 21.3. The largest absolute Gasteiger partial charge is 0.377 e. The van der Waals surface area contributed by atoms with Gasteiger partial charge >= 0.3 is 0 Å². The van der Waals surface area contributed by atoms with Gasteiger partial charge < -0.3 is 9.30 Å². The van der Waals surface area contributed by atoms with Crippen molar-refractivity contribution >= 4 is 11.0 Å². The summed E-state index contributed by atoms with van der Waals surface area (Å²) in [6, 6.07) is 18.2. The molecule has 0 radical (unpaired) electrons. The van der Waals surface area contributed by atoms with Crippen LogP contribution in [-0.2, 0) is 16.7 Å². The first kappa shape index (κ1) is 24.0. The van der Waals surface area contributed by atoms with Gasteiger partial charge in [-0.05, 0) is 75.4 Å². The van der Waals surface area contributed by atoms with Crippen molar-refractivity contribution in [1.29, 1.82) is 0 Å². The third-order valence-electron chi connectivity index (χ3n) is 7.15. The summed E-state index contributed by atoms with van der Waals surface area (Å²) in [5.41, 5.74) is 5.35. The van der Waals surface area contributed by atoms with Gasteiger partial charge in [-0.1, -0.05) is 57.2 Å². The second kappa shape index (κ2) is 9.99. The number of hydrogen-bond donors (Lipinski definition) is 0. The molecule has 0 spiro atoms. The first-order valence-electron chi connectivity index (χ1n) is 12.7. The number of ether oxygens (including phenoxy) is 1. The SMILES string of the molecule is CC(C)OCCn1c(C2CCN(C(C)c3ccc(C(C)(C)C)cc3)CC2)nc2ccccc21. The zero-order valence-electron chi connectivity index (χ0n) is 21.3. The van der Waals surface area contributed by atoms with Crippen LogP contribution in [0.25, 0.3) is 11.0 Å². The normalized spacial score (nSPS) is 17.2. The molecule has 0 saturated carbocycles. The smallest absolute Gasteiger partial charge is 0.113 e. The van der Waals surface area contributed by atoms with E-state index in [1.807, 2.05) is 0 Å². The monoisotopic (exact) mass is 447 g/mol. The summed E-state index contributed by atoms with van der Waals surface area (Å²) in [4.78, 5) is 7.72. The van der Waals surface area contributed by atoms with E-state index in [2.05, 4.69) is 99.5 Å². The Morgan fingerprint density at radius 2 is 1.64 bits per heavy atom. The second-order valence-electron chi connectivity index (χ2n) is 10.9. The Labute approximate surface area is 200 Å². The van der Waals surface area contributed by atoms with Gasteiger partial charge in [-0.3, -0.25) is 4.90 Å². The molecule has 0 N–H and O–H groups in total. The molecular weight excluding hydrogens is 406 g/mol. The number of piperidine rings is 1. The predicted octanol–water partition coefficient (Wildman–Crippen LogP) is 6.70. The second-order valence-corrected chi connectivity index (χ2v) is 10.9. The van der Waals surface area contributed by atoms with Crippen LogP contribution in [-0.4, -0.2) is 40.3 Å². The van der Waals surface area contributed by atoms with Crippen LogP contribution in [0.1, 0.15) is 83.3 Å². The van der Waals surface area contributed by atoms with Gasteiger partial charge in [0.15, 0.2) is 0 Å². The molecule has 0 amide bonds. The summed E-state index contributed by atoms with van der Waals surface area (Å²) in [5, 5.41) is 0. The van der Waals surface area contributed by atoms with Crippen molar-refractivity contribution in [1.82, 2.24) is 14.5 Å². The van der Waals surface area contributed by atoms with E-state index in [0.29, 0.717) is 12.0 Å². The lowest BCUT2D eigenvalue weighted by Crippen LogP contribution is -2.35. The number of aromatic nitrogens is 2. The summed E-state index contributed by atoms with van der Waals surface area (Å²) in [6.45, 7) is 17.2. The van der Waals surface area contributed by atoms with Crippen LogP contribution >= 0.6 is 0 Å². The third kappa shape index (κ3) is 5.50. The lowest BCUT2D eigenvalue weighted by molar-refractivity contribution is 0.0723. The summed E-state index contributed by atoms with van der Waals surface area (Å²) >= 11 is 0. The molecule has 3 aromatic rings.